The summed E-state index contributed by atoms with van der Waals surface area (Å²) in [5.74, 6) is -9.11. The van der Waals surface area contributed by atoms with Gasteiger partial charge in [-0.15, -0.1) is 0 Å². The molecule has 4 N–H and O–H groups in total. The van der Waals surface area contributed by atoms with Gasteiger partial charge in [-0.3, -0.25) is 14.4 Å². The van der Waals surface area contributed by atoms with Gasteiger partial charge in [-0.25, -0.2) is 4.79 Å². The molecule has 10 unspecified atom stereocenters. The van der Waals surface area contributed by atoms with Crippen LogP contribution in [0.15, 0.2) is 29.4 Å². The maximum Gasteiger partial charge on any atom is 0.335 e. The van der Waals surface area contributed by atoms with Crippen LogP contribution in [0.3, 0.4) is 0 Å². The number of ketones is 1. The molecule has 4 aliphatic heterocycles. The lowest BCUT2D eigenvalue weighted by atomic mass is 9.67. The van der Waals surface area contributed by atoms with Gasteiger partial charge in [0.15, 0.2) is 24.0 Å². The summed E-state index contributed by atoms with van der Waals surface area (Å²) in [4.78, 5) is 64.2. The van der Waals surface area contributed by atoms with E-state index in [0.29, 0.717) is 17.9 Å². The maximum absolute atomic E-state index is 15.1. The van der Waals surface area contributed by atoms with Crippen LogP contribution in [0.5, 0.6) is 0 Å². The van der Waals surface area contributed by atoms with Gasteiger partial charge >= 0.3 is 17.9 Å². The number of cyclic esters (lactones) is 1. The topological polar surface area (TPSA) is 233 Å². The Balaban J connectivity index is 1.60. The fourth-order valence-corrected chi connectivity index (χ4v) is 11.5. The molecule has 4 aliphatic rings. The first kappa shape index (κ1) is 56.6. The fraction of sp³-hybridized carbons (Fsp3) is 0.780. The Bertz CT molecular complexity index is 1990. The summed E-state index contributed by atoms with van der Waals surface area (Å²) in [6.07, 6.45) is -7.57. The van der Waals surface area contributed by atoms with Crippen molar-refractivity contribution in [2.24, 2.45) is 46.4 Å². The number of nitrogens with zero attached hydrogens (tertiary/aromatic N) is 2. The molecule has 0 spiro atoms. The zero-order valence-electron chi connectivity index (χ0n) is 42.8. The molecule has 390 valence electrons. The van der Waals surface area contributed by atoms with Crippen LogP contribution in [-0.2, 0) is 68.3 Å². The first-order chi connectivity index (χ1) is 32.2. The second-order valence-electron chi connectivity index (χ2n) is 20.7. The Morgan fingerprint density at radius 3 is 2.22 bits per heavy atom. The van der Waals surface area contributed by atoms with Crippen molar-refractivity contribution in [1.29, 1.82) is 0 Å². The molecule has 19 heteroatoms. The van der Waals surface area contributed by atoms with Gasteiger partial charge in [-0.05, 0) is 99.0 Å². The molecule has 69 heavy (non-hydrogen) atoms. The zero-order chi connectivity index (χ0) is 51.5. The monoisotopic (exact) mass is 996 g/mol. The van der Waals surface area contributed by atoms with Gasteiger partial charge in [-0.2, -0.15) is 0 Å². The minimum absolute atomic E-state index is 0.0432. The number of oxime groups is 1. The lowest BCUT2D eigenvalue weighted by Gasteiger charge is -2.50. The highest BCUT2D eigenvalue weighted by Gasteiger charge is 2.63. The number of hydrogen-bond acceptors (Lipinski definition) is 17. The third-order valence-electron chi connectivity index (χ3n) is 15.4. The summed E-state index contributed by atoms with van der Waals surface area (Å²) in [7, 11) is 6.72. The van der Waals surface area contributed by atoms with E-state index < -0.39 is 125 Å². The van der Waals surface area contributed by atoms with Crippen molar-refractivity contribution in [3.05, 3.63) is 34.9 Å². The first-order valence-electron chi connectivity index (χ1n) is 24.2. The number of carbonyl (C=O) groups excluding carboxylic acids is 4. The predicted molar refractivity (Wildman–Crippen MR) is 253 cm³/mol. The molecular formula is C50H78ClN3O15. The Labute approximate surface area is 412 Å². The number of carbonyl (C=O) groups is 4. The van der Waals surface area contributed by atoms with E-state index in [9.17, 15) is 24.6 Å². The Kier molecular flexibility index (Phi) is 18.9. The summed E-state index contributed by atoms with van der Waals surface area (Å²) in [5, 5.41) is 27.4. The molecule has 0 aromatic heterocycles. The lowest BCUT2D eigenvalue weighted by Crippen LogP contribution is -2.61. The number of likely N-dealkylation sites (N-methyl/N-ethyl adjacent to an activating group) is 1. The number of hydrogen-bond donors (Lipinski definition) is 3. The molecular weight excluding hydrogens is 918 g/mol. The molecule has 0 radical (unpaired) electrons. The number of ether oxygens (including phenoxy) is 8. The van der Waals surface area contributed by atoms with Crippen molar-refractivity contribution in [2.45, 2.75) is 186 Å². The minimum atomic E-state index is -1.65. The van der Waals surface area contributed by atoms with Crippen molar-refractivity contribution in [1.82, 2.24) is 4.90 Å². The van der Waals surface area contributed by atoms with Gasteiger partial charge in [0, 0.05) is 55.4 Å². The van der Waals surface area contributed by atoms with Crippen LogP contribution in [0, 0.1) is 35.5 Å². The van der Waals surface area contributed by atoms with Crippen LogP contribution in [0.4, 0.5) is 0 Å². The molecule has 0 saturated carbocycles. The number of fused-ring (bicyclic) bond motifs is 1. The third-order valence-corrected chi connectivity index (χ3v) is 15.6. The van der Waals surface area contributed by atoms with Gasteiger partial charge in [0.1, 0.15) is 30.0 Å². The molecule has 4 fully saturated rings. The lowest BCUT2D eigenvalue weighted by molar-refractivity contribution is -0.319. The van der Waals surface area contributed by atoms with E-state index in [1.54, 1.807) is 73.6 Å². The van der Waals surface area contributed by atoms with E-state index in [4.69, 9.17) is 60.1 Å². The summed E-state index contributed by atoms with van der Waals surface area (Å²) >= 11 is 6.12. The second kappa shape index (κ2) is 23.1. The van der Waals surface area contributed by atoms with Crippen molar-refractivity contribution in [3.8, 4) is 0 Å². The van der Waals surface area contributed by atoms with Crippen LogP contribution in [0.1, 0.15) is 107 Å². The Hall–Kier alpha value is -3.30. The molecule has 0 bridgehead atoms. The fourth-order valence-electron chi connectivity index (χ4n) is 11.2. The number of aliphatic hydroxyl groups excluding tert-OH is 2. The summed E-state index contributed by atoms with van der Waals surface area (Å²) in [5.41, 5.74) is 3.27. The van der Waals surface area contributed by atoms with Crippen LogP contribution in [-0.4, -0.2) is 151 Å². The molecule has 4 saturated heterocycles. The van der Waals surface area contributed by atoms with Gasteiger partial charge in [0.25, 0.3) is 0 Å². The number of esters is 2. The molecule has 1 aromatic rings. The Morgan fingerprint density at radius 1 is 0.942 bits per heavy atom. The van der Waals surface area contributed by atoms with E-state index in [1.807, 2.05) is 38.9 Å². The number of amidine groups is 1. The number of halogens is 1. The number of methoxy groups -OCH3 is 2. The minimum Gasteiger partial charge on any atom is -0.458 e. The molecule has 19 atom stereocenters. The van der Waals surface area contributed by atoms with E-state index in [-0.39, 0.29) is 43.6 Å². The Morgan fingerprint density at radius 2 is 1.61 bits per heavy atom. The molecule has 0 amide bonds. The van der Waals surface area contributed by atoms with Gasteiger partial charge < -0.3 is 63.6 Å². The zero-order valence-corrected chi connectivity index (χ0v) is 43.6. The van der Waals surface area contributed by atoms with Crippen molar-refractivity contribution in [3.63, 3.8) is 0 Å². The quantitative estimate of drug-likeness (QED) is 0.0778. The standard InChI is InChI=1S/C50H78ClN3O15/c1-15-34-50(10)38(37(46(60)68-50)44(52)53-69-35(55)20-19-31-17-16-18-32(51)22-31)27(4)39(56)25(2)23-49(9,62-14)43(67-47-40(57)33(54(11)12)21-26(3)63-47)28(5)41(29(6)45(59)65-34)66-36-24-48(8,61-13)42(58)30(7)64-36/h16-18,22,25-30,33-34,36-38,40-43,47,57-58H,15,19-21,23-24H2,1-14H3,(H2,52,53)/t25-,26?,27-,28+,29-,30?,33?,34-,36?,37?,38?,40?,41+,42?,43-,47?,48?,49+,50-/m1/s1. The van der Waals surface area contributed by atoms with Crippen molar-refractivity contribution in [2.75, 3.05) is 28.3 Å². The highest BCUT2D eigenvalue weighted by atomic mass is 35.5. The summed E-state index contributed by atoms with van der Waals surface area (Å²) in [6.45, 7) is 17.4. The van der Waals surface area contributed by atoms with Crippen LogP contribution < -0.4 is 5.73 Å². The number of benzene rings is 1. The highest BCUT2D eigenvalue weighted by molar-refractivity contribution is 6.30. The van der Waals surface area contributed by atoms with Gasteiger partial charge in [0.2, 0.25) is 0 Å². The van der Waals surface area contributed by atoms with Crippen LogP contribution >= 0.6 is 11.6 Å². The smallest absolute Gasteiger partial charge is 0.335 e. The number of aryl methyl sites for hydroxylation is 1. The van der Waals surface area contributed by atoms with Gasteiger partial charge in [-0.1, -0.05) is 56.6 Å². The molecule has 1 aromatic carbocycles. The number of aliphatic hydroxyl groups is 2. The third kappa shape index (κ3) is 12.3. The number of Topliss-reactive ketones (excluding diaryl/α,β-unsaturated/α-hetero) is 1. The normalized spacial score (nSPS) is 41.8. The van der Waals surface area contributed by atoms with Crippen LogP contribution in [0.2, 0.25) is 5.02 Å². The largest absolute Gasteiger partial charge is 0.458 e. The van der Waals surface area contributed by atoms with E-state index in [1.165, 1.54) is 14.2 Å². The van der Waals surface area contributed by atoms with Crippen LogP contribution in [0.25, 0.3) is 0 Å². The highest BCUT2D eigenvalue weighted by Crippen LogP contribution is 2.49. The average molecular weight is 997 g/mol. The van der Waals surface area contributed by atoms with E-state index >= 15 is 4.79 Å². The predicted octanol–water partition coefficient (Wildman–Crippen LogP) is 4.98. The summed E-state index contributed by atoms with van der Waals surface area (Å²) in [6, 6.07) is 6.70. The first-order valence-corrected chi connectivity index (χ1v) is 24.6. The van der Waals surface area contributed by atoms with Crippen molar-refractivity contribution >= 4 is 41.1 Å². The van der Waals surface area contributed by atoms with Crippen molar-refractivity contribution < 1.29 is 72.1 Å². The SMILES string of the molecule is CC[C@H]1OC(=O)[C@H](C)[C@@H](OC2CC(C)(OC)C(O)C(C)O2)[C@H](C)[C@@H](OC2OC(C)CC(N(C)C)C2O)[C@@](C)(OC)C[C@@H](C)C(=O)[C@H](C)C2C(/C(N)=N\OC(=O)CCc3cccc(Cl)c3)C(=O)O[C@@]21C. The molecule has 4 heterocycles. The van der Waals surface area contributed by atoms with Gasteiger partial charge in [0.05, 0.1) is 48.0 Å². The van der Waals surface area contributed by atoms with E-state index in [0.717, 1.165) is 5.56 Å². The average Bonchev–Trinajstić information content (AvgIpc) is 3.58. The molecule has 5 rings (SSSR count). The number of nitrogens with two attached hydrogens (primary N) is 1. The second-order valence-corrected chi connectivity index (χ2v) is 21.1. The maximum atomic E-state index is 15.1. The molecule has 0 aliphatic carbocycles. The summed E-state index contributed by atoms with van der Waals surface area (Å²) < 4.78 is 51.2. The van der Waals surface area contributed by atoms with E-state index in [2.05, 4.69) is 5.16 Å². The molecule has 18 nitrogen and oxygen atoms in total. The number of rotatable bonds is 13.